The number of hydrogen-bond acceptors (Lipinski definition) is 4. The van der Waals surface area contributed by atoms with E-state index in [0.29, 0.717) is 24.7 Å². The van der Waals surface area contributed by atoms with Gasteiger partial charge in [0, 0.05) is 20.6 Å². The van der Waals surface area contributed by atoms with Crippen molar-refractivity contribution in [1.82, 2.24) is 8.61 Å². The smallest absolute Gasteiger partial charge is 0.281 e. The standard InChI is InChI=1S/C13H20N2O4S/c1-4-15(20(16,17)14(2)3)9-11-10-18-12-7-5-6-8-13(12)19-11/h5-8,11H,4,9-10H2,1-3H3/t11-/m1/s1. The van der Waals surface area contributed by atoms with Crippen LogP contribution in [0.3, 0.4) is 0 Å². The molecular formula is C13H20N2O4S. The first-order valence-electron chi connectivity index (χ1n) is 6.51. The van der Waals surface area contributed by atoms with E-state index in [-0.39, 0.29) is 12.6 Å². The Bertz CT molecular complexity index is 559. The lowest BCUT2D eigenvalue weighted by atomic mass is 10.2. The van der Waals surface area contributed by atoms with Gasteiger partial charge in [-0.25, -0.2) is 0 Å². The summed E-state index contributed by atoms with van der Waals surface area (Å²) in [5.74, 6) is 1.35. The first kappa shape index (κ1) is 15.1. The molecule has 0 amide bonds. The minimum Gasteiger partial charge on any atom is -0.486 e. The second-order valence-electron chi connectivity index (χ2n) is 4.74. The van der Waals surface area contributed by atoms with E-state index in [9.17, 15) is 8.42 Å². The van der Waals surface area contributed by atoms with Gasteiger partial charge in [-0.1, -0.05) is 19.1 Å². The molecule has 0 saturated carbocycles. The van der Waals surface area contributed by atoms with Crippen LogP contribution in [0.5, 0.6) is 11.5 Å². The molecule has 20 heavy (non-hydrogen) atoms. The molecule has 0 bridgehead atoms. The number of rotatable bonds is 5. The first-order chi connectivity index (χ1) is 9.45. The molecule has 0 fully saturated rings. The molecule has 0 aliphatic carbocycles. The second kappa shape index (κ2) is 5.99. The summed E-state index contributed by atoms with van der Waals surface area (Å²) in [5, 5.41) is 0. The maximum atomic E-state index is 12.1. The molecular weight excluding hydrogens is 280 g/mol. The molecule has 1 aliphatic rings. The van der Waals surface area contributed by atoms with Crippen LogP contribution in [-0.2, 0) is 10.2 Å². The third kappa shape index (κ3) is 3.05. The molecule has 1 aromatic carbocycles. The van der Waals surface area contributed by atoms with Gasteiger partial charge in [0.1, 0.15) is 12.7 Å². The molecule has 7 heteroatoms. The Kier molecular flexibility index (Phi) is 4.52. The van der Waals surface area contributed by atoms with Gasteiger partial charge in [-0.15, -0.1) is 0 Å². The van der Waals surface area contributed by atoms with Gasteiger partial charge >= 0.3 is 0 Å². The van der Waals surface area contributed by atoms with Crippen LogP contribution in [0.25, 0.3) is 0 Å². The van der Waals surface area contributed by atoms with Gasteiger partial charge < -0.3 is 9.47 Å². The zero-order chi connectivity index (χ0) is 14.8. The van der Waals surface area contributed by atoms with Gasteiger partial charge in [-0.2, -0.15) is 17.0 Å². The van der Waals surface area contributed by atoms with E-state index in [4.69, 9.17) is 9.47 Å². The summed E-state index contributed by atoms with van der Waals surface area (Å²) < 4.78 is 38.2. The molecule has 112 valence electrons. The molecule has 1 aromatic rings. The molecule has 0 spiro atoms. The highest BCUT2D eigenvalue weighted by Gasteiger charge is 2.29. The first-order valence-corrected chi connectivity index (χ1v) is 7.91. The van der Waals surface area contributed by atoms with Gasteiger partial charge in [0.25, 0.3) is 10.2 Å². The Hall–Kier alpha value is -1.31. The number of para-hydroxylation sites is 2. The Balaban J connectivity index is 2.08. The van der Waals surface area contributed by atoms with Crippen LogP contribution in [0.4, 0.5) is 0 Å². The highest BCUT2D eigenvalue weighted by Crippen LogP contribution is 2.31. The topological polar surface area (TPSA) is 59.1 Å². The summed E-state index contributed by atoms with van der Waals surface area (Å²) >= 11 is 0. The summed E-state index contributed by atoms with van der Waals surface area (Å²) in [5.41, 5.74) is 0. The largest absolute Gasteiger partial charge is 0.486 e. The molecule has 6 nitrogen and oxygen atoms in total. The third-order valence-electron chi connectivity index (χ3n) is 3.12. The van der Waals surface area contributed by atoms with Crippen molar-refractivity contribution in [2.45, 2.75) is 13.0 Å². The molecule has 0 aromatic heterocycles. The van der Waals surface area contributed by atoms with Crippen molar-refractivity contribution in [2.24, 2.45) is 0 Å². The molecule has 0 N–H and O–H groups in total. The average molecular weight is 300 g/mol. The zero-order valence-electron chi connectivity index (χ0n) is 11.9. The van der Waals surface area contributed by atoms with E-state index in [1.54, 1.807) is 6.92 Å². The summed E-state index contributed by atoms with van der Waals surface area (Å²) in [4.78, 5) is 0. The van der Waals surface area contributed by atoms with E-state index in [1.165, 1.54) is 22.7 Å². The van der Waals surface area contributed by atoms with Crippen LogP contribution in [0.2, 0.25) is 0 Å². The van der Waals surface area contributed by atoms with Gasteiger partial charge in [-0.3, -0.25) is 0 Å². The minimum atomic E-state index is -3.43. The SMILES string of the molecule is CCN(C[C@@H]1COc2ccccc2O1)S(=O)(=O)N(C)C. The predicted molar refractivity (Wildman–Crippen MR) is 76.2 cm³/mol. The maximum absolute atomic E-state index is 12.1. The van der Waals surface area contributed by atoms with Crippen molar-refractivity contribution in [3.8, 4) is 11.5 Å². The lowest BCUT2D eigenvalue weighted by Gasteiger charge is -2.31. The number of fused-ring (bicyclic) bond motifs is 1. The predicted octanol–water partition coefficient (Wildman–Crippen LogP) is 0.955. The molecule has 2 rings (SSSR count). The van der Waals surface area contributed by atoms with Crippen LogP contribution in [0, 0.1) is 0 Å². The quantitative estimate of drug-likeness (QED) is 0.812. The monoisotopic (exact) mass is 300 g/mol. The van der Waals surface area contributed by atoms with Crippen molar-refractivity contribution in [3.63, 3.8) is 0 Å². The van der Waals surface area contributed by atoms with Crippen molar-refractivity contribution in [1.29, 1.82) is 0 Å². The fourth-order valence-electron chi connectivity index (χ4n) is 2.00. The fraction of sp³-hybridized carbons (Fsp3) is 0.538. The summed E-state index contributed by atoms with van der Waals surface area (Å²) in [7, 11) is -0.396. The molecule has 1 atom stereocenters. The zero-order valence-corrected chi connectivity index (χ0v) is 12.8. The normalized spacial score (nSPS) is 18.6. The molecule has 0 radical (unpaired) electrons. The van der Waals surface area contributed by atoms with E-state index < -0.39 is 10.2 Å². The summed E-state index contributed by atoms with van der Waals surface area (Å²) in [6, 6.07) is 7.38. The molecule has 1 heterocycles. The van der Waals surface area contributed by atoms with E-state index in [1.807, 2.05) is 24.3 Å². The maximum Gasteiger partial charge on any atom is 0.281 e. The van der Waals surface area contributed by atoms with E-state index in [0.717, 1.165) is 0 Å². The highest BCUT2D eigenvalue weighted by molar-refractivity contribution is 7.86. The Morgan fingerprint density at radius 1 is 1.25 bits per heavy atom. The summed E-state index contributed by atoms with van der Waals surface area (Å²) in [6.07, 6.45) is -0.306. The Labute approximate surface area is 120 Å². The Morgan fingerprint density at radius 3 is 2.50 bits per heavy atom. The van der Waals surface area contributed by atoms with Gasteiger partial charge in [0.2, 0.25) is 0 Å². The van der Waals surface area contributed by atoms with Crippen molar-refractivity contribution in [2.75, 3.05) is 33.8 Å². The Morgan fingerprint density at radius 2 is 1.90 bits per heavy atom. The highest BCUT2D eigenvalue weighted by atomic mass is 32.2. The van der Waals surface area contributed by atoms with Crippen LogP contribution in [0.1, 0.15) is 6.92 Å². The van der Waals surface area contributed by atoms with Crippen LogP contribution in [0.15, 0.2) is 24.3 Å². The van der Waals surface area contributed by atoms with Crippen LogP contribution < -0.4 is 9.47 Å². The van der Waals surface area contributed by atoms with Crippen LogP contribution in [-0.4, -0.2) is 56.9 Å². The number of ether oxygens (including phenoxy) is 2. The minimum absolute atomic E-state index is 0.269. The molecule has 0 unspecified atom stereocenters. The van der Waals surface area contributed by atoms with Crippen molar-refractivity contribution in [3.05, 3.63) is 24.3 Å². The molecule has 1 aliphatic heterocycles. The summed E-state index contributed by atoms with van der Waals surface area (Å²) in [6.45, 7) is 2.81. The van der Waals surface area contributed by atoms with Crippen molar-refractivity contribution >= 4 is 10.2 Å². The number of nitrogens with zero attached hydrogens (tertiary/aromatic N) is 2. The van der Waals surface area contributed by atoms with E-state index >= 15 is 0 Å². The molecule has 0 saturated heterocycles. The van der Waals surface area contributed by atoms with Gasteiger partial charge in [0.05, 0.1) is 6.54 Å². The van der Waals surface area contributed by atoms with Crippen molar-refractivity contribution < 1.29 is 17.9 Å². The lowest BCUT2D eigenvalue weighted by Crippen LogP contribution is -2.47. The number of benzene rings is 1. The van der Waals surface area contributed by atoms with Gasteiger partial charge in [-0.05, 0) is 12.1 Å². The number of hydrogen-bond donors (Lipinski definition) is 0. The lowest BCUT2D eigenvalue weighted by molar-refractivity contribution is 0.0762. The third-order valence-corrected chi connectivity index (χ3v) is 5.10. The fourth-order valence-corrected chi connectivity index (χ4v) is 3.14. The van der Waals surface area contributed by atoms with Gasteiger partial charge in [0.15, 0.2) is 11.5 Å². The second-order valence-corrected chi connectivity index (χ2v) is 6.88. The average Bonchev–Trinajstić information content (AvgIpc) is 2.44. The number of likely N-dealkylation sites (N-methyl/N-ethyl adjacent to an activating group) is 1. The van der Waals surface area contributed by atoms with E-state index in [2.05, 4.69) is 0 Å². The van der Waals surface area contributed by atoms with Crippen LogP contribution >= 0.6 is 0 Å².